The molecular formula is C11H12N2O. The summed E-state index contributed by atoms with van der Waals surface area (Å²) in [7, 11) is 0. The minimum atomic E-state index is -0.622. The highest BCUT2D eigenvalue weighted by Gasteiger charge is 2.19. The van der Waals surface area contributed by atoms with Crippen LogP contribution in [0.4, 0.5) is 0 Å². The van der Waals surface area contributed by atoms with Crippen LogP contribution in [0.2, 0.25) is 0 Å². The van der Waals surface area contributed by atoms with Crippen molar-refractivity contribution >= 4 is 6.72 Å². The van der Waals surface area contributed by atoms with Crippen molar-refractivity contribution in [1.29, 1.82) is 5.26 Å². The predicted octanol–water partition coefficient (Wildman–Crippen LogP) is 1.73. The molecule has 0 radical (unpaired) electrons. The van der Waals surface area contributed by atoms with Gasteiger partial charge >= 0.3 is 0 Å². The summed E-state index contributed by atoms with van der Waals surface area (Å²) in [6.45, 7) is 7.04. The molecule has 1 rings (SSSR count). The molecular weight excluding hydrogens is 176 g/mol. The van der Waals surface area contributed by atoms with E-state index >= 15 is 0 Å². The summed E-state index contributed by atoms with van der Waals surface area (Å²) >= 11 is 0. The average molecular weight is 188 g/mol. The van der Waals surface area contributed by atoms with Crippen LogP contribution < -0.4 is 0 Å². The van der Waals surface area contributed by atoms with Crippen LogP contribution in [0.5, 0.6) is 0 Å². The lowest BCUT2D eigenvalue weighted by Crippen LogP contribution is -2.14. The third-order valence-electron chi connectivity index (χ3n) is 2.17. The Morgan fingerprint density at radius 2 is 2.50 bits per heavy atom. The van der Waals surface area contributed by atoms with Crippen LogP contribution >= 0.6 is 0 Å². The molecule has 0 fully saturated rings. The lowest BCUT2D eigenvalue weighted by Gasteiger charge is -2.19. The summed E-state index contributed by atoms with van der Waals surface area (Å²) in [5.41, 5.74) is 2.13. The van der Waals surface area contributed by atoms with E-state index in [9.17, 15) is 5.11 Å². The molecule has 3 heteroatoms. The van der Waals surface area contributed by atoms with Crippen molar-refractivity contribution in [2.75, 3.05) is 0 Å². The van der Waals surface area contributed by atoms with Gasteiger partial charge in [0.25, 0.3) is 0 Å². The van der Waals surface area contributed by atoms with E-state index in [-0.39, 0.29) is 0 Å². The van der Waals surface area contributed by atoms with Gasteiger partial charge in [-0.25, -0.2) is 0 Å². The van der Waals surface area contributed by atoms with Crippen LogP contribution in [0.1, 0.15) is 12.8 Å². The van der Waals surface area contributed by atoms with Gasteiger partial charge in [0, 0.05) is 5.57 Å². The molecule has 0 amide bonds. The number of aliphatic hydroxyl groups excluding tert-OH is 1. The first kappa shape index (κ1) is 10.4. The van der Waals surface area contributed by atoms with Gasteiger partial charge in [-0.15, -0.1) is 0 Å². The molecule has 0 aromatic heterocycles. The molecule has 1 N–H and O–H groups in total. The standard InChI is InChI=1S/C11H12N2O/c1-3-9-8(6-7-12)4-5-10(14)11(9)13-2/h3-4,10,14H,1-2,5-6H2. The highest BCUT2D eigenvalue weighted by Crippen LogP contribution is 2.28. The number of rotatable bonds is 3. The molecule has 0 saturated heterocycles. The molecule has 0 heterocycles. The van der Waals surface area contributed by atoms with Crippen molar-refractivity contribution in [2.24, 2.45) is 4.99 Å². The largest absolute Gasteiger partial charge is 0.386 e. The molecule has 72 valence electrons. The van der Waals surface area contributed by atoms with Gasteiger partial charge in [-0.1, -0.05) is 18.7 Å². The lowest BCUT2D eigenvalue weighted by molar-refractivity contribution is 0.210. The highest BCUT2D eigenvalue weighted by molar-refractivity contribution is 5.49. The monoisotopic (exact) mass is 188 g/mol. The molecule has 3 nitrogen and oxygen atoms in total. The molecule has 1 aliphatic carbocycles. The van der Waals surface area contributed by atoms with E-state index < -0.39 is 6.10 Å². The molecule has 1 atom stereocenters. The first-order valence-electron chi connectivity index (χ1n) is 4.32. The Morgan fingerprint density at radius 3 is 3.00 bits per heavy atom. The predicted molar refractivity (Wildman–Crippen MR) is 55.7 cm³/mol. The van der Waals surface area contributed by atoms with E-state index in [2.05, 4.69) is 24.4 Å². The summed E-state index contributed by atoms with van der Waals surface area (Å²) in [6.07, 6.45) is 3.63. The Morgan fingerprint density at radius 1 is 1.79 bits per heavy atom. The Kier molecular flexibility index (Phi) is 3.38. The van der Waals surface area contributed by atoms with E-state index in [0.29, 0.717) is 18.5 Å². The second kappa shape index (κ2) is 4.54. The fourth-order valence-corrected chi connectivity index (χ4v) is 1.50. The third-order valence-corrected chi connectivity index (χ3v) is 2.17. The number of nitrogens with zero attached hydrogens (tertiary/aromatic N) is 2. The normalized spacial score (nSPS) is 21.1. The summed E-state index contributed by atoms with van der Waals surface area (Å²) in [6, 6.07) is 2.07. The summed E-state index contributed by atoms with van der Waals surface area (Å²) < 4.78 is 0. The van der Waals surface area contributed by atoms with Gasteiger partial charge in [0.1, 0.15) is 0 Å². The highest BCUT2D eigenvalue weighted by atomic mass is 16.3. The maximum Gasteiger partial charge on any atom is 0.1000 e. The zero-order chi connectivity index (χ0) is 10.6. The SMILES string of the molecule is C=CC1=C(N=C)C(O)CC=C1CC#N. The maximum absolute atomic E-state index is 9.59. The second-order valence-corrected chi connectivity index (χ2v) is 2.98. The van der Waals surface area contributed by atoms with Crippen LogP contribution in [0.15, 0.2) is 40.6 Å². The fourth-order valence-electron chi connectivity index (χ4n) is 1.50. The van der Waals surface area contributed by atoms with Crippen LogP contribution in [0.25, 0.3) is 0 Å². The maximum atomic E-state index is 9.59. The number of hydrogen-bond donors (Lipinski definition) is 1. The van der Waals surface area contributed by atoms with E-state index in [4.69, 9.17) is 5.26 Å². The quantitative estimate of drug-likeness (QED) is 0.686. The molecule has 14 heavy (non-hydrogen) atoms. The molecule has 0 bridgehead atoms. The third kappa shape index (κ3) is 1.81. The van der Waals surface area contributed by atoms with Crippen molar-refractivity contribution in [2.45, 2.75) is 18.9 Å². The Labute approximate surface area is 83.4 Å². The summed E-state index contributed by atoms with van der Waals surface area (Å²) in [5, 5.41) is 18.2. The average Bonchev–Trinajstić information content (AvgIpc) is 2.20. The first-order chi connectivity index (χ1) is 6.74. The number of nitriles is 1. The van der Waals surface area contributed by atoms with Gasteiger partial charge in [0.15, 0.2) is 0 Å². The number of hydrogen-bond acceptors (Lipinski definition) is 3. The zero-order valence-corrected chi connectivity index (χ0v) is 7.90. The molecule has 0 aromatic rings. The molecule has 0 spiro atoms. The number of aliphatic hydroxyl groups is 1. The lowest BCUT2D eigenvalue weighted by atomic mass is 9.91. The van der Waals surface area contributed by atoms with E-state index in [1.807, 2.05) is 6.08 Å². The zero-order valence-electron chi connectivity index (χ0n) is 7.90. The van der Waals surface area contributed by atoms with Crippen LogP contribution in [0, 0.1) is 11.3 Å². The van der Waals surface area contributed by atoms with E-state index in [1.165, 1.54) is 0 Å². The molecule has 0 aliphatic heterocycles. The smallest absolute Gasteiger partial charge is 0.1000 e. The van der Waals surface area contributed by atoms with Crippen molar-refractivity contribution in [3.05, 3.63) is 35.6 Å². The van der Waals surface area contributed by atoms with Gasteiger partial charge in [-0.05, 0) is 18.7 Å². The topological polar surface area (TPSA) is 56.4 Å². The molecule has 0 saturated carbocycles. The minimum Gasteiger partial charge on any atom is -0.386 e. The Bertz CT molecular complexity index is 358. The molecule has 1 aliphatic rings. The number of allylic oxidation sites excluding steroid dienone is 3. The van der Waals surface area contributed by atoms with Crippen molar-refractivity contribution in [3.8, 4) is 6.07 Å². The van der Waals surface area contributed by atoms with Crippen LogP contribution in [-0.4, -0.2) is 17.9 Å². The fraction of sp³-hybridized carbons (Fsp3) is 0.273. The Balaban J connectivity index is 3.13. The minimum absolute atomic E-state index is 0.313. The van der Waals surface area contributed by atoms with Gasteiger partial charge < -0.3 is 5.11 Å². The van der Waals surface area contributed by atoms with Crippen molar-refractivity contribution in [3.63, 3.8) is 0 Å². The van der Waals surface area contributed by atoms with Crippen LogP contribution in [-0.2, 0) is 0 Å². The summed E-state index contributed by atoms with van der Waals surface area (Å²) in [4.78, 5) is 3.77. The molecule has 0 aromatic carbocycles. The Hall–Kier alpha value is -1.66. The van der Waals surface area contributed by atoms with Gasteiger partial charge in [0.2, 0.25) is 0 Å². The van der Waals surface area contributed by atoms with Gasteiger partial charge in [-0.2, -0.15) is 5.26 Å². The van der Waals surface area contributed by atoms with E-state index in [0.717, 1.165) is 11.1 Å². The van der Waals surface area contributed by atoms with E-state index in [1.54, 1.807) is 6.08 Å². The van der Waals surface area contributed by atoms with Gasteiger partial charge in [-0.3, -0.25) is 4.99 Å². The second-order valence-electron chi connectivity index (χ2n) is 2.98. The first-order valence-corrected chi connectivity index (χ1v) is 4.32. The van der Waals surface area contributed by atoms with Crippen molar-refractivity contribution in [1.82, 2.24) is 0 Å². The van der Waals surface area contributed by atoms with Gasteiger partial charge in [0.05, 0.1) is 24.3 Å². The number of aliphatic imine (C=N–C) groups is 1. The molecule has 1 unspecified atom stereocenters. The summed E-state index contributed by atoms with van der Waals surface area (Å²) in [5.74, 6) is 0. The van der Waals surface area contributed by atoms with Crippen LogP contribution in [0.3, 0.4) is 0 Å². The van der Waals surface area contributed by atoms with Crippen molar-refractivity contribution < 1.29 is 5.11 Å².